The van der Waals surface area contributed by atoms with Crippen LogP contribution in [0.4, 0.5) is 10.5 Å². The molecule has 2 amide bonds. The normalized spacial score (nSPS) is 11.7. The van der Waals surface area contributed by atoms with Gasteiger partial charge in [0.05, 0.1) is 18.8 Å². The van der Waals surface area contributed by atoms with Gasteiger partial charge < -0.3 is 15.4 Å². The largest absolute Gasteiger partial charge is 0.495 e. The number of rotatable bonds is 5. The molecule has 0 fully saturated rings. The first kappa shape index (κ1) is 17.2. The van der Waals surface area contributed by atoms with Crippen LogP contribution in [-0.2, 0) is 0 Å². The number of anilines is 1. The molecule has 0 saturated carbocycles. The SMILES string of the molecule is CC[C@H](NC(=O)Nc1cc(C)ccc1OC)c1ccc(Cl)cc1. The second-order valence-electron chi connectivity index (χ2n) is 5.31. The molecule has 0 spiro atoms. The van der Waals surface area contributed by atoms with Crippen molar-refractivity contribution in [3.8, 4) is 5.75 Å². The molecular formula is C18H21ClN2O2. The first-order valence-electron chi connectivity index (χ1n) is 7.51. The van der Waals surface area contributed by atoms with Crippen molar-refractivity contribution in [3.05, 3.63) is 58.6 Å². The van der Waals surface area contributed by atoms with Crippen LogP contribution in [0.2, 0.25) is 5.02 Å². The summed E-state index contributed by atoms with van der Waals surface area (Å²) in [6, 6.07) is 12.8. The lowest BCUT2D eigenvalue weighted by Gasteiger charge is -2.19. The van der Waals surface area contributed by atoms with Gasteiger partial charge in [0.2, 0.25) is 0 Å². The summed E-state index contributed by atoms with van der Waals surface area (Å²) < 4.78 is 5.27. The van der Waals surface area contributed by atoms with Crippen molar-refractivity contribution >= 4 is 23.3 Å². The Balaban J connectivity index is 2.08. The molecule has 0 bridgehead atoms. The number of nitrogens with one attached hydrogen (secondary N) is 2. The number of methoxy groups -OCH3 is 1. The Hall–Kier alpha value is -2.20. The fourth-order valence-corrected chi connectivity index (χ4v) is 2.48. The Bertz CT molecular complexity index is 671. The van der Waals surface area contributed by atoms with Crippen LogP contribution in [0.1, 0.15) is 30.5 Å². The summed E-state index contributed by atoms with van der Waals surface area (Å²) in [4.78, 5) is 12.3. The smallest absolute Gasteiger partial charge is 0.319 e. The Morgan fingerprint density at radius 3 is 2.52 bits per heavy atom. The van der Waals surface area contributed by atoms with Gasteiger partial charge in [0.25, 0.3) is 0 Å². The number of hydrogen-bond donors (Lipinski definition) is 2. The third kappa shape index (κ3) is 4.63. The highest BCUT2D eigenvalue weighted by Gasteiger charge is 2.14. The summed E-state index contributed by atoms with van der Waals surface area (Å²) in [7, 11) is 1.58. The zero-order chi connectivity index (χ0) is 16.8. The molecule has 0 heterocycles. The molecule has 0 saturated heterocycles. The predicted molar refractivity (Wildman–Crippen MR) is 94.4 cm³/mol. The van der Waals surface area contributed by atoms with Gasteiger partial charge in [-0.15, -0.1) is 0 Å². The lowest BCUT2D eigenvalue weighted by atomic mass is 10.1. The molecule has 122 valence electrons. The van der Waals surface area contributed by atoms with E-state index in [1.807, 2.05) is 56.3 Å². The fourth-order valence-electron chi connectivity index (χ4n) is 2.35. The Labute approximate surface area is 141 Å². The predicted octanol–water partition coefficient (Wildman–Crippen LogP) is 4.93. The van der Waals surface area contributed by atoms with Crippen LogP contribution in [0.25, 0.3) is 0 Å². The number of ether oxygens (including phenoxy) is 1. The van der Waals surface area contributed by atoms with Crippen LogP contribution in [0.15, 0.2) is 42.5 Å². The summed E-state index contributed by atoms with van der Waals surface area (Å²) >= 11 is 5.91. The van der Waals surface area contributed by atoms with E-state index in [0.717, 1.165) is 17.5 Å². The Morgan fingerprint density at radius 1 is 1.22 bits per heavy atom. The van der Waals surface area contributed by atoms with Crippen LogP contribution in [0, 0.1) is 6.92 Å². The Morgan fingerprint density at radius 2 is 1.91 bits per heavy atom. The van der Waals surface area contributed by atoms with Crippen molar-refractivity contribution in [2.24, 2.45) is 0 Å². The van der Waals surface area contributed by atoms with Crippen molar-refractivity contribution in [1.82, 2.24) is 5.32 Å². The van der Waals surface area contributed by atoms with Crippen LogP contribution in [0.3, 0.4) is 0 Å². The van der Waals surface area contributed by atoms with E-state index in [0.29, 0.717) is 16.5 Å². The van der Waals surface area contributed by atoms with Crippen LogP contribution in [-0.4, -0.2) is 13.1 Å². The van der Waals surface area contributed by atoms with E-state index in [4.69, 9.17) is 16.3 Å². The van der Waals surface area contributed by atoms with E-state index < -0.39 is 0 Å². The molecule has 2 N–H and O–H groups in total. The first-order chi connectivity index (χ1) is 11.0. The minimum atomic E-state index is -0.268. The van der Waals surface area contributed by atoms with Crippen LogP contribution < -0.4 is 15.4 Å². The molecule has 2 aromatic rings. The first-order valence-corrected chi connectivity index (χ1v) is 7.89. The van der Waals surface area contributed by atoms with E-state index in [9.17, 15) is 4.79 Å². The molecule has 0 aromatic heterocycles. The molecule has 0 aliphatic heterocycles. The number of amides is 2. The van der Waals surface area contributed by atoms with Crippen molar-refractivity contribution in [1.29, 1.82) is 0 Å². The van der Waals surface area contributed by atoms with Crippen LogP contribution in [0.5, 0.6) is 5.75 Å². The van der Waals surface area contributed by atoms with Crippen molar-refractivity contribution < 1.29 is 9.53 Å². The van der Waals surface area contributed by atoms with Crippen molar-refractivity contribution in [2.45, 2.75) is 26.3 Å². The number of hydrogen-bond acceptors (Lipinski definition) is 2. The highest BCUT2D eigenvalue weighted by Crippen LogP contribution is 2.25. The van der Waals surface area contributed by atoms with Gasteiger partial charge in [-0.05, 0) is 48.7 Å². The van der Waals surface area contributed by atoms with E-state index >= 15 is 0 Å². The van der Waals surface area contributed by atoms with E-state index in [2.05, 4.69) is 10.6 Å². The zero-order valence-electron chi connectivity index (χ0n) is 13.5. The molecule has 0 radical (unpaired) electrons. The van der Waals surface area contributed by atoms with E-state index in [1.165, 1.54) is 0 Å². The highest BCUT2D eigenvalue weighted by molar-refractivity contribution is 6.30. The van der Waals surface area contributed by atoms with Gasteiger partial charge in [-0.3, -0.25) is 0 Å². The number of carbonyl (C=O) groups is 1. The third-order valence-electron chi connectivity index (χ3n) is 3.59. The molecule has 2 aromatic carbocycles. The van der Waals surface area contributed by atoms with Gasteiger partial charge in [-0.1, -0.05) is 36.7 Å². The summed E-state index contributed by atoms with van der Waals surface area (Å²) in [5.74, 6) is 0.630. The van der Waals surface area contributed by atoms with Gasteiger partial charge in [-0.25, -0.2) is 4.79 Å². The second kappa shape index (κ2) is 7.88. The van der Waals surface area contributed by atoms with Gasteiger partial charge in [-0.2, -0.15) is 0 Å². The molecule has 2 rings (SSSR count). The average molecular weight is 333 g/mol. The van der Waals surface area contributed by atoms with Gasteiger partial charge in [0.1, 0.15) is 5.75 Å². The maximum atomic E-state index is 12.3. The lowest BCUT2D eigenvalue weighted by Crippen LogP contribution is -2.32. The number of halogens is 1. The molecular weight excluding hydrogens is 312 g/mol. The van der Waals surface area contributed by atoms with Gasteiger partial charge in [0.15, 0.2) is 0 Å². The van der Waals surface area contributed by atoms with Crippen molar-refractivity contribution in [3.63, 3.8) is 0 Å². The molecule has 1 atom stereocenters. The molecule has 0 aliphatic carbocycles. The average Bonchev–Trinajstić information content (AvgIpc) is 2.54. The topological polar surface area (TPSA) is 50.4 Å². The molecule has 4 nitrogen and oxygen atoms in total. The Kier molecular flexibility index (Phi) is 5.88. The number of carbonyl (C=O) groups excluding carboxylic acids is 1. The molecule has 0 aliphatic rings. The van der Waals surface area contributed by atoms with Crippen molar-refractivity contribution in [2.75, 3.05) is 12.4 Å². The maximum absolute atomic E-state index is 12.3. The monoisotopic (exact) mass is 332 g/mol. The van der Waals surface area contributed by atoms with E-state index in [1.54, 1.807) is 7.11 Å². The minimum absolute atomic E-state index is 0.0805. The summed E-state index contributed by atoms with van der Waals surface area (Å²) in [6.45, 7) is 3.98. The van der Waals surface area contributed by atoms with Gasteiger partial charge in [0, 0.05) is 5.02 Å². The number of benzene rings is 2. The lowest BCUT2D eigenvalue weighted by molar-refractivity contribution is 0.248. The van der Waals surface area contributed by atoms with E-state index in [-0.39, 0.29) is 12.1 Å². The summed E-state index contributed by atoms with van der Waals surface area (Å²) in [5, 5.41) is 6.50. The van der Waals surface area contributed by atoms with Crippen LogP contribution >= 0.6 is 11.6 Å². The summed E-state index contributed by atoms with van der Waals surface area (Å²) in [6.07, 6.45) is 0.778. The second-order valence-corrected chi connectivity index (χ2v) is 5.75. The maximum Gasteiger partial charge on any atom is 0.319 e. The van der Waals surface area contributed by atoms with Gasteiger partial charge >= 0.3 is 6.03 Å². The number of aryl methyl sites for hydroxylation is 1. The minimum Gasteiger partial charge on any atom is -0.495 e. The molecule has 0 unspecified atom stereocenters. The standard InChI is InChI=1S/C18H21ClN2O2/c1-4-15(13-6-8-14(19)9-7-13)20-18(22)21-16-11-12(2)5-10-17(16)23-3/h5-11,15H,4H2,1-3H3,(H2,20,21,22)/t15-/m0/s1. The number of urea groups is 1. The zero-order valence-corrected chi connectivity index (χ0v) is 14.3. The quantitative estimate of drug-likeness (QED) is 0.815. The molecule has 23 heavy (non-hydrogen) atoms. The third-order valence-corrected chi connectivity index (χ3v) is 3.84. The highest BCUT2D eigenvalue weighted by atomic mass is 35.5. The summed E-state index contributed by atoms with van der Waals surface area (Å²) in [5.41, 5.74) is 2.71. The molecule has 5 heteroatoms. The fraction of sp³-hybridized carbons (Fsp3) is 0.278.